The first-order valence-corrected chi connectivity index (χ1v) is 7.32. The maximum Gasteiger partial charge on any atom is 0.254 e. The van der Waals surface area contributed by atoms with E-state index in [1.807, 2.05) is 18.0 Å². The van der Waals surface area contributed by atoms with E-state index in [1.54, 1.807) is 12.3 Å². The van der Waals surface area contributed by atoms with Crippen LogP contribution in [0.25, 0.3) is 0 Å². The van der Waals surface area contributed by atoms with Gasteiger partial charge in [0.05, 0.1) is 0 Å². The lowest BCUT2D eigenvalue weighted by Crippen LogP contribution is -2.51. The highest BCUT2D eigenvalue weighted by molar-refractivity contribution is 5.94. The van der Waals surface area contributed by atoms with Crippen molar-refractivity contribution in [2.24, 2.45) is 0 Å². The van der Waals surface area contributed by atoms with Crippen molar-refractivity contribution >= 4 is 11.7 Å². The molecule has 0 spiro atoms. The number of carbonyl (C=O) groups is 1. The zero-order valence-corrected chi connectivity index (χ0v) is 12.6. The Labute approximate surface area is 121 Å². The Balaban J connectivity index is 1.97. The molecule has 1 N–H and O–H groups in total. The van der Waals surface area contributed by atoms with Crippen molar-refractivity contribution in [1.29, 1.82) is 0 Å². The average molecular weight is 276 g/mol. The number of carbonyl (C=O) groups excluding carboxylic acids is 1. The second kappa shape index (κ2) is 6.70. The van der Waals surface area contributed by atoms with Crippen molar-refractivity contribution in [3.8, 4) is 0 Å². The summed E-state index contributed by atoms with van der Waals surface area (Å²) in [7, 11) is 1.81. The number of hydrogen-bond donors (Lipinski definition) is 1. The van der Waals surface area contributed by atoms with Crippen LogP contribution in [0, 0.1) is 0 Å². The van der Waals surface area contributed by atoms with E-state index in [2.05, 4.69) is 29.0 Å². The highest BCUT2D eigenvalue weighted by Crippen LogP contribution is 2.13. The maximum absolute atomic E-state index is 12.5. The molecule has 1 aromatic heterocycles. The molecule has 1 amide bonds. The fourth-order valence-corrected chi connectivity index (χ4v) is 2.51. The fraction of sp³-hybridized carbons (Fsp3) is 0.600. The quantitative estimate of drug-likeness (QED) is 0.909. The Kier molecular flexibility index (Phi) is 4.95. The van der Waals surface area contributed by atoms with Crippen molar-refractivity contribution in [1.82, 2.24) is 14.8 Å². The predicted molar refractivity (Wildman–Crippen MR) is 81.0 cm³/mol. The molecule has 0 aromatic carbocycles. The van der Waals surface area contributed by atoms with Gasteiger partial charge in [-0.1, -0.05) is 6.92 Å². The summed E-state index contributed by atoms with van der Waals surface area (Å²) in [6, 6.07) is 4.19. The molecule has 1 aliphatic heterocycles. The minimum absolute atomic E-state index is 0.104. The van der Waals surface area contributed by atoms with Gasteiger partial charge in [-0.25, -0.2) is 4.98 Å². The molecule has 5 heteroatoms. The van der Waals surface area contributed by atoms with Gasteiger partial charge in [-0.2, -0.15) is 0 Å². The SMILES string of the molecule is CCC(C)N1CCN(C(=O)c2ccnc(NC)c2)CC1. The van der Waals surface area contributed by atoms with Gasteiger partial charge in [0.2, 0.25) is 0 Å². The molecule has 5 nitrogen and oxygen atoms in total. The van der Waals surface area contributed by atoms with Crippen molar-refractivity contribution in [3.63, 3.8) is 0 Å². The van der Waals surface area contributed by atoms with Crippen LogP contribution < -0.4 is 5.32 Å². The molecule has 1 fully saturated rings. The Morgan fingerprint density at radius 1 is 1.40 bits per heavy atom. The summed E-state index contributed by atoms with van der Waals surface area (Å²) in [4.78, 5) is 21.0. The fourth-order valence-electron chi connectivity index (χ4n) is 2.51. The summed E-state index contributed by atoms with van der Waals surface area (Å²) in [6.45, 7) is 7.99. The molecule has 1 aliphatic rings. The monoisotopic (exact) mass is 276 g/mol. The number of amides is 1. The number of anilines is 1. The van der Waals surface area contributed by atoms with Gasteiger partial charge in [0.25, 0.3) is 5.91 Å². The summed E-state index contributed by atoms with van der Waals surface area (Å²) in [5.41, 5.74) is 0.710. The summed E-state index contributed by atoms with van der Waals surface area (Å²) >= 11 is 0. The number of nitrogens with zero attached hydrogens (tertiary/aromatic N) is 3. The number of rotatable bonds is 4. The van der Waals surface area contributed by atoms with Crippen molar-refractivity contribution in [2.75, 3.05) is 38.5 Å². The zero-order valence-electron chi connectivity index (χ0n) is 12.6. The second-order valence-electron chi connectivity index (χ2n) is 5.27. The Morgan fingerprint density at radius 3 is 2.70 bits per heavy atom. The van der Waals surface area contributed by atoms with E-state index in [-0.39, 0.29) is 5.91 Å². The van der Waals surface area contributed by atoms with Crippen LogP contribution in [-0.4, -0.2) is 60.0 Å². The van der Waals surface area contributed by atoms with Crippen LogP contribution in [0.2, 0.25) is 0 Å². The van der Waals surface area contributed by atoms with Gasteiger partial charge in [-0.3, -0.25) is 9.69 Å². The first-order chi connectivity index (χ1) is 9.65. The zero-order chi connectivity index (χ0) is 14.5. The van der Waals surface area contributed by atoms with Gasteiger partial charge in [-0.05, 0) is 25.5 Å². The molecule has 0 bridgehead atoms. The van der Waals surface area contributed by atoms with E-state index in [0.29, 0.717) is 11.6 Å². The van der Waals surface area contributed by atoms with E-state index in [0.717, 1.165) is 38.4 Å². The van der Waals surface area contributed by atoms with Crippen LogP contribution in [0.1, 0.15) is 30.6 Å². The summed E-state index contributed by atoms with van der Waals surface area (Å²) in [5, 5.41) is 2.96. The molecule has 20 heavy (non-hydrogen) atoms. The average Bonchev–Trinajstić information content (AvgIpc) is 2.53. The van der Waals surface area contributed by atoms with Crippen molar-refractivity contribution < 1.29 is 4.79 Å². The second-order valence-corrected chi connectivity index (χ2v) is 5.27. The lowest BCUT2D eigenvalue weighted by atomic mass is 10.1. The van der Waals surface area contributed by atoms with Gasteiger partial charge >= 0.3 is 0 Å². The van der Waals surface area contributed by atoms with E-state index in [9.17, 15) is 4.79 Å². The van der Waals surface area contributed by atoms with Crippen LogP contribution in [0.3, 0.4) is 0 Å². The molecule has 0 aliphatic carbocycles. The third kappa shape index (κ3) is 3.28. The molecule has 1 saturated heterocycles. The molecular formula is C15H24N4O. The predicted octanol–water partition coefficient (Wildman–Crippen LogP) is 1.68. The van der Waals surface area contributed by atoms with Crippen LogP contribution in [0.15, 0.2) is 18.3 Å². The minimum atomic E-state index is 0.104. The molecule has 0 saturated carbocycles. The maximum atomic E-state index is 12.5. The van der Waals surface area contributed by atoms with Crippen molar-refractivity contribution in [2.45, 2.75) is 26.3 Å². The molecule has 1 aromatic rings. The third-order valence-corrected chi connectivity index (χ3v) is 4.08. The lowest BCUT2D eigenvalue weighted by Gasteiger charge is -2.37. The Hall–Kier alpha value is -1.62. The van der Waals surface area contributed by atoms with E-state index < -0.39 is 0 Å². The molecule has 0 radical (unpaired) electrons. The topological polar surface area (TPSA) is 48.5 Å². The summed E-state index contributed by atoms with van der Waals surface area (Å²) in [5.74, 6) is 0.835. The van der Waals surface area contributed by atoms with Crippen LogP contribution >= 0.6 is 0 Å². The van der Waals surface area contributed by atoms with E-state index in [4.69, 9.17) is 0 Å². The Morgan fingerprint density at radius 2 is 2.10 bits per heavy atom. The molecule has 2 heterocycles. The molecular weight excluding hydrogens is 252 g/mol. The third-order valence-electron chi connectivity index (χ3n) is 4.08. The smallest absolute Gasteiger partial charge is 0.254 e. The number of aromatic nitrogens is 1. The first-order valence-electron chi connectivity index (χ1n) is 7.32. The van der Waals surface area contributed by atoms with Gasteiger partial charge < -0.3 is 10.2 Å². The molecule has 1 unspecified atom stereocenters. The van der Waals surface area contributed by atoms with Crippen LogP contribution in [-0.2, 0) is 0 Å². The highest BCUT2D eigenvalue weighted by atomic mass is 16.2. The van der Waals surface area contributed by atoms with Gasteiger partial charge in [0.1, 0.15) is 5.82 Å². The van der Waals surface area contributed by atoms with Gasteiger partial charge in [-0.15, -0.1) is 0 Å². The van der Waals surface area contributed by atoms with Crippen LogP contribution in [0.5, 0.6) is 0 Å². The van der Waals surface area contributed by atoms with E-state index in [1.165, 1.54) is 0 Å². The minimum Gasteiger partial charge on any atom is -0.373 e. The standard InChI is InChI=1S/C15H24N4O/c1-4-12(2)18-7-9-19(10-8-18)15(20)13-5-6-17-14(11-13)16-3/h5-6,11-12H,4,7-10H2,1-3H3,(H,16,17). The molecule has 2 rings (SSSR count). The van der Waals surface area contributed by atoms with Gasteiger partial charge in [0, 0.05) is 51.0 Å². The number of nitrogens with one attached hydrogen (secondary N) is 1. The van der Waals surface area contributed by atoms with Gasteiger partial charge in [0.15, 0.2) is 0 Å². The summed E-state index contributed by atoms with van der Waals surface area (Å²) < 4.78 is 0. The Bertz CT molecular complexity index is 455. The molecule has 110 valence electrons. The highest BCUT2D eigenvalue weighted by Gasteiger charge is 2.24. The number of piperazine rings is 1. The first kappa shape index (κ1) is 14.8. The largest absolute Gasteiger partial charge is 0.373 e. The number of hydrogen-bond acceptors (Lipinski definition) is 4. The van der Waals surface area contributed by atoms with Crippen LogP contribution in [0.4, 0.5) is 5.82 Å². The normalized spacial score (nSPS) is 17.9. The lowest BCUT2D eigenvalue weighted by molar-refractivity contribution is 0.0579. The summed E-state index contributed by atoms with van der Waals surface area (Å²) in [6.07, 6.45) is 2.83. The number of pyridine rings is 1. The van der Waals surface area contributed by atoms with Crippen molar-refractivity contribution in [3.05, 3.63) is 23.9 Å². The molecule has 1 atom stereocenters. The van der Waals surface area contributed by atoms with E-state index >= 15 is 0 Å².